The van der Waals surface area contributed by atoms with Crippen LogP contribution in [0.3, 0.4) is 0 Å². The number of amidine groups is 1. The van der Waals surface area contributed by atoms with Crippen LogP contribution in [0.2, 0.25) is 0 Å². The lowest BCUT2D eigenvalue weighted by Crippen LogP contribution is -2.23. The van der Waals surface area contributed by atoms with Gasteiger partial charge in [0.15, 0.2) is 5.17 Å². The molecular weight excluding hydrogens is 274 g/mol. The van der Waals surface area contributed by atoms with Crippen LogP contribution < -0.4 is 0 Å². The summed E-state index contributed by atoms with van der Waals surface area (Å²) in [6, 6.07) is 2.07. The quantitative estimate of drug-likeness (QED) is 0.618. The minimum absolute atomic E-state index is 0.819. The molecule has 82 valence electrons. The molecule has 0 unspecified atom stereocenters. The fraction of sp³-hybridized carbons (Fsp3) is 0.400. The fourth-order valence-corrected chi connectivity index (χ4v) is 2.27. The molecular formula is C10H14BrN3S. The second kappa shape index (κ2) is 6.12. The van der Waals surface area contributed by atoms with Gasteiger partial charge in [0.1, 0.15) is 0 Å². The number of aliphatic imine (C=N–C) groups is 1. The van der Waals surface area contributed by atoms with Gasteiger partial charge in [-0.05, 0) is 33.8 Å². The van der Waals surface area contributed by atoms with E-state index in [0.29, 0.717) is 0 Å². The van der Waals surface area contributed by atoms with Gasteiger partial charge in [0.25, 0.3) is 0 Å². The van der Waals surface area contributed by atoms with E-state index in [-0.39, 0.29) is 0 Å². The van der Waals surface area contributed by atoms with E-state index >= 15 is 0 Å². The lowest BCUT2D eigenvalue weighted by atomic mass is 10.3. The van der Waals surface area contributed by atoms with Gasteiger partial charge in [-0.25, -0.2) is 0 Å². The maximum Gasteiger partial charge on any atom is 0.158 e. The van der Waals surface area contributed by atoms with E-state index in [1.807, 2.05) is 26.5 Å². The Morgan fingerprint density at radius 1 is 1.60 bits per heavy atom. The Bertz CT molecular complexity index is 354. The molecule has 0 spiro atoms. The maximum absolute atomic E-state index is 4.20. The third-order valence-corrected chi connectivity index (χ3v) is 3.17. The highest BCUT2D eigenvalue weighted by molar-refractivity contribution is 9.10. The Balaban J connectivity index is 2.70. The molecule has 1 aromatic heterocycles. The van der Waals surface area contributed by atoms with Crippen LogP contribution in [0.25, 0.3) is 0 Å². The van der Waals surface area contributed by atoms with Crippen molar-refractivity contribution in [2.75, 3.05) is 20.4 Å². The molecule has 0 atom stereocenters. The Kier molecular flexibility index (Phi) is 5.11. The standard InChI is InChI=1S/C10H14BrN3S/c1-12-10(15-3)14(2)7-8-4-9(11)6-13-5-8/h4-6H,7H2,1-3H3/b12-10-. The van der Waals surface area contributed by atoms with Crippen molar-refractivity contribution in [3.63, 3.8) is 0 Å². The highest BCUT2D eigenvalue weighted by atomic mass is 79.9. The van der Waals surface area contributed by atoms with Crippen LogP contribution in [0, 0.1) is 0 Å². The average Bonchev–Trinajstić information content (AvgIpc) is 2.19. The van der Waals surface area contributed by atoms with Gasteiger partial charge in [0.05, 0.1) is 0 Å². The monoisotopic (exact) mass is 287 g/mol. The summed E-state index contributed by atoms with van der Waals surface area (Å²) in [5.74, 6) is 0. The number of thioether (sulfide) groups is 1. The predicted molar refractivity (Wildman–Crippen MR) is 70.3 cm³/mol. The van der Waals surface area contributed by atoms with Crippen LogP contribution in [0.5, 0.6) is 0 Å². The lowest BCUT2D eigenvalue weighted by molar-refractivity contribution is 0.509. The van der Waals surface area contributed by atoms with Crippen molar-refractivity contribution in [1.29, 1.82) is 0 Å². The van der Waals surface area contributed by atoms with E-state index in [4.69, 9.17) is 0 Å². The summed E-state index contributed by atoms with van der Waals surface area (Å²) in [7, 11) is 3.83. The van der Waals surface area contributed by atoms with Gasteiger partial charge >= 0.3 is 0 Å². The molecule has 0 fully saturated rings. The Morgan fingerprint density at radius 2 is 2.33 bits per heavy atom. The molecule has 15 heavy (non-hydrogen) atoms. The van der Waals surface area contributed by atoms with Gasteiger partial charge < -0.3 is 4.90 Å². The van der Waals surface area contributed by atoms with Crippen LogP contribution in [0.1, 0.15) is 5.56 Å². The highest BCUT2D eigenvalue weighted by Gasteiger charge is 2.05. The lowest BCUT2D eigenvalue weighted by Gasteiger charge is -2.19. The number of nitrogens with zero attached hydrogens (tertiary/aromatic N) is 3. The second-order valence-corrected chi connectivity index (χ2v) is 4.77. The summed E-state index contributed by atoms with van der Waals surface area (Å²) in [4.78, 5) is 10.4. The second-order valence-electron chi connectivity index (χ2n) is 3.08. The summed E-state index contributed by atoms with van der Waals surface area (Å²) in [6.45, 7) is 0.819. The highest BCUT2D eigenvalue weighted by Crippen LogP contribution is 2.12. The van der Waals surface area contributed by atoms with Crippen LogP contribution >= 0.6 is 27.7 Å². The first-order valence-electron chi connectivity index (χ1n) is 4.48. The molecule has 5 heteroatoms. The number of aromatic nitrogens is 1. The van der Waals surface area contributed by atoms with Gasteiger partial charge in [-0.15, -0.1) is 0 Å². The molecule has 0 amide bonds. The van der Waals surface area contributed by atoms with Crippen molar-refractivity contribution in [2.45, 2.75) is 6.54 Å². The SMILES string of the molecule is C/N=C(\SC)N(C)Cc1cncc(Br)c1. The van der Waals surface area contributed by atoms with E-state index in [9.17, 15) is 0 Å². The molecule has 0 N–H and O–H groups in total. The number of hydrogen-bond donors (Lipinski definition) is 0. The third kappa shape index (κ3) is 3.83. The zero-order valence-electron chi connectivity index (χ0n) is 9.07. The molecule has 1 aromatic rings. The predicted octanol–water partition coefficient (Wildman–Crippen LogP) is 2.62. The van der Waals surface area contributed by atoms with Crippen molar-refractivity contribution in [3.05, 3.63) is 28.5 Å². The summed E-state index contributed by atoms with van der Waals surface area (Å²) < 4.78 is 1.01. The normalized spacial score (nSPS) is 11.6. The van der Waals surface area contributed by atoms with Crippen molar-refractivity contribution >= 4 is 32.9 Å². The molecule has 0 bridgehead atoms. The Labute approximate surface area is 103 Å². The molecule has 1 heterocycles. The summed E-state index contributed by atoms with van der Waals surface area (Å²) in [5, 5.41) is 1.02. The number of rotatable bonds is 2. The Hall–Kier alpha value is -0.550. The van der Waals surface area contributed by atoms with E-state index in [1.54, 1.807) is 18.0 Å². The van der Waals surface area contributed by atoms with E-state index in [2.05, 4.69) is 36.9 Å². The molecule has 0 aromatic carbocycles. The first-order valence-corrected chi connectivity index (χ1v) is 6.50. The molecule has 0 aliphatic carbocycles. The average molecular weight is 288 g/mol. The summed E-state index contributed by atoms with van der Waals surface area (Å²) in [5.41, 5.74) is 1.17. The van der Waals surface area contributed by atoms with Crippen LogP contribution in [0.4, 0.5) is 0 Å². The first kappa shape index (κ1) is 12.5. The largest absolute Gasteiger partial charge is 0.350 e. The molecule has 0 saturated carbocycles. The van der Waals surface area contributed by atoms with Gasteiger partial charge in [0, 0.05) is 37.5 Å². The van der Waals surface area contributed by atoms with Gasteiger partial charge in [-0.1, -0.05) is 11.8 Å². The zero-order chi connectivity index (χ0) is 11.3. The van der Waals surface area contributed by atoms with Gasteiger partial charge in [-0.3, -0.25) is 9.98 Å². The van der Waals surface area contributed by atoms with Crippen molar-refractivity contribution in [1.82, 2.24) is 9.88 Å². The molecule has 0 saturated heterocycles. The molecule has 3 nitrogen and oxygen atoms in total. The summed E-state index contributed by atoms with van der Waals surface area (Å²) >= 11 is 5.05. The molecule has 0 aliphatic rings. The number of halogens is 1. The topological polar surface area (TPSA) is 28.5 Å². The van der Waals surface area contributed by atoms with Crippen molar-refractivity contribution < 1.29 is 0 Å². The molecule has 1 rings (SSSR count). The van der Waals surface area contributed by atoms with E-state index in [1.165, 1.54) is 5.56 Å². The molecule has 0 radical (unpaired) electrons. The van der Waals surface area contributed by atoms with Crippen LogP contribution in [-0.2, 0) is 6.54 Å². The smallest absolute Gasteiger partial charge is 0.158 e. The summed E-state index contributed by atoms with van der Waals surface area (Å²) in [6.07, 6.45) is 5.68. The van der Waals surface area contributed by atoms with Gasteiger partial charge in [0.2, 0.25) is 0 Å². The zero-order valence-corrected chi connectivity index (χ0v) is 11.5. The maximum atomic E-state index is 4.20. The van der Waals surface area contributed by atoms with Crippen molar-refractivity contribution in [2.24, 2.45) is 4.99 Å². The van der Waals surface area contributed by atoms with Crippen LogP contribution in [0.15, 0.2) is 27.9 Å². The van der Waals surface area contributed by atoms with Gasteiger partial charge in [-0.2, -0.15) is 0 Å². The minimum atomic E-state index is 0.819. The number of pyridine rings is 1. The first-order chi connectivity index (χ1) is 7.17. The third-order valence-electron chi connectivity index (χ3n) is 1.88. The van der Waals surface area contributed by atoms with Crippen molar-refractivity contribution in [3.8, 4) is 0 Å². The van der Waals surface area contributed by atoms with E-state index in [0.717, 1.165) is 16.2 Å². The fourth-order valence-electron chi connectivity index (χ4n) is 1.30. The Morgan fingerprint density at radius 3 is 2.87 bits per heavy atom. The van der Waals surface area contributed by atoms with E-state index < -0.39 is 0 Å². The number of hydrogen-bond acceptors (Lipinski definition) is 3. The van der Waals surface area contributed by atoms with Crippen LogP contribution in [-0.4, -0.2) is 35.4 Å². The minimum Gasteiger partial charge on any atom is -0.350 e. The molecule has 0 aliphatic heterocycles.